The first-order chi connectivity index (χ1) is 8.43. The van der Waals surface area contributed by atoms with Gasteiger partial charge < -0.3 is 10.5 Å². The molecule has 18 heavy (non-hydrogen) atoms. The Bertz CT molecular complexity index is 432. The number of aryl methyl sites for hydroxylation is 1. The van der Waals surface area contributed by atoms with Crippen LogP contribution in [0.15, 0.2) is 18.2 Å². The molecule has 0 amide bonds. The van der Waals surface area contributed by atoms with Gasteiger partial charge >= 0.3 is 0 Å². The van der Waals surface area contributed by atoms with Gasteiger partial charge in [0.05, 0.1) is 5.92 Å². The molecule has 0 aromatic heterocycles. The third-order valence-electron chi connectivity index (χ3n) is 3.45. The van der Waals surface area contributed by atoms with E-state index in [2.05, 4.69) is 0 Å². The number of ether oxygens (including phenoxy) is 1. The molecular formula is C14H19F2NO. The van der Waals surface area contributed by atoms with Crippen molar-refractivity contribution in [3.63, 3.8) is 0 Å². The summed E-state index contributed by atoms with van der Waals surface area (Å²) in [6.45, 7) is 4.03. The van der Waals surface area contributed by atoms with Crippen molar-refractivity contribution < 1.29 is 13.5 Å². The van der Waals surface area contributed by atoms with E-state index >= 15 is 0 Å². The molecule has 2 N–H and O–H groups in total. The lowest BCUT2D eigenvalue weighted by molar-refractivity contribution is 0.0842. The van der Waals surface area contributed by atoms with Crippen LogP contribution >= 0.6 is 0 Å². The van der Waals surface area contributed by atoms with Crippen LogP contribution in [0.2, 0.25) is 0 Å². The fourth-order valence-corrected chi connectivity index (χ4v) is 2.29. The molecule has 1 aromatic carbocycles. The maximum absolute atomic E-state index is 12.8. The van der Waals surface area contributed by atoms with Crippen LogP contribution in [0.4, 0.5) is 8.78 Å². The minimum absolute atomic E-state index is 0.0389. The third-order valence-corrected chi connectivity index (χ3v) is 3.45. The molecule has 1 heterocycles. The van der Waals surface area contributed by atoms with Gasteiger partial charge in [0.1, 0.15) is 11.4 Å². The van der Waals surface area contributed by atoms with E-state index in [1.807, 2.05) is 19.9 Å². The van der Waals surface area contributed by atoms with Gasteiger partial charge in [-0.15, -0.1) is 0 Å². The minimum Gasteiger partial charge on any atom is -0.488 e. The van der Waals surface area contributed by atoms with Gasteiger partial charge in [-0.3, -0.25) is 0 Å². The zero-order valence-electron chi connectivity index (χ0n) is 10.7. The quantitative estimate of drug-likeness (QED) is 0.900. The molecule has 0 saturated carbocycles. The fourth-order valence-electron chi connectivity index (χ4n) is 2.29. The summed E-state index contributed by atoms with van der Waals surface area (Å²) in [5, 5.41) is 0. The molecule has 0 fully saturated rings. The Balaban J connectivity index is 2.28. The lowest BCUT2D eigenvalue weighted by Gasteiger charge is -2.33. The molecule has 100 valence electrons. The number of fused-ring (bicyclic) bond motifs is 1. The van der Waals surface area contributed by atoms with E-state index in [-0.39, 0.29) is 12.1 Å². The monoisotopic (exact) mass is 255 g/mol. The molecule has 0 radical (unpaired) electrons. The Kier molecular flexibility index (Phi) is 3.57. The first-order valence-corrected chi connectivity index (χ1v) is 6.23. The van der Waals surface area contributed by atoms with Crippen molar-refractivity contribution in [1.82, 2.24) is 0 Å². The van der Waals surface area contributed by atoms with E-state index in [4.69, 9.17) is 10.5 Å². The van der Waals surface area contributed by atoms with Crippen molar-refractivity contribution in [3.8, 4) is 5.75 Å². The Morgan fingerprint density at radius 2 is 2.11 bits per heavy atom. The Labute approximate surface area is 106 Å². The second-order valence-electron chi connectivity index (χ2n) is 5.41. The number of benzene rings is 1. The zero-order valence-corrected chi connectivity index (χ0v) is 10.7. The molecule has 1 aromatic rings. The summed E-state index contributed by atoms with van der Waals surface area (Å²) in [5.74, 6) is -0.0784. The number of nitrogens with two attached hydrogens (primary N) is 1. The summed E-state index contributed by atoms with van der Waals surface area (Å²) in [4.78, 5) is 0. The van der Waals surface area contributed by atoms with E-state index < -0.39 is 12.3 Å². The van der Waals surface area contributed by atoms with Gasteiger partial charge in [-0.2, -0.15) is 0 Å². The molecule has 1 aliphatic rings. The summed E-state index contributed by atoms with van der Waals surface area (Å²) in [6.07, 6.45) is -0.670. The van der Waals surface area contributed by atoms with Crippen molar-refractivity contribution in [1.29, 1.82) is 0 Å². The summed E-state index contributed by atoms with van der Waals surface area (Å²) < 4.78 is 31.5. The third kappa shape index (κ3) is 2.64. The Morgan fingerprint density at radius 1 is 1.39 bits per heavy atom. The van der Waals surface area contributed by atoms with E-state index in [1.54, 1.807) is 12.1 Å². The smallest absolute Gasteiger partial charge is 0.246 e. The van der Waals surface area contributed by atoms with E-state index in [1.165, 1.54) is 0 Å². The van der Waals surface area contributed by atoms with Gasteiger partial charge in [0, 0.05) is 6.54 Å². The van der Waals surface area contributed by atoms with Crippen molar-refractivity contribution in [2.45, 2.75) is 44.6 Å². The average Bonchev–Trinajstić information content (AvgIpc) is 2.29. The lowest BCUT2D eigenvalue weighted by atomic mass is 9.90. The highest BCUT2D eigenvalue weighted by Gasteiger charge is 2.28. The largest absolute Gasteiger partial charge is 0.488 e. The maximum Gasteiger partial charge on any atom is 0.246 e. The van der Waals surface area contributed by atoms with Crippen molar-refractivity contribution >= 4 is 0 Å². The average molecular weight is 255 g/mol. The van der Waals surface area contributed by atoms with Crippen LogP contribution < -0.4 is 10.5 Å². The van der Waals surface area contributed by atoms with Gasteiger partial charge in [0.25, 0.3) is 0 Å². The normalized spacial score (nSPS) is 19.2. The first kappa shape index (κ1) is 13.3. The highest BCUT2D eigenvalue weighted by atomic mass is 19.3. The standard InChI is InChI=1S/C14H19F2NO/c1-14(2)6-5-10-7-9(3-4-12(10)18-14)11(8-17)13(15)16/h3-4,7,11,13H,5-6,8,17H2,1-2H3. The number of halogens is 2. The molecule has 0 spiro atoms. The van der Waals surface area contributed by atoms with Gasteiger partial charge in [0.2, 0.25) is 6.43 Å². The second kappa shape index (κ2) is 4.84. The van der Waals surface area contributed by atoms with Gasteiger partial charge in [-0.05, 0) is 43.9 Å². The molecule has 2 nitrogen and oxygen atoms in total. The van der Waals surface area contributed by atoms with Crippen LogP contribution in [0.5, 0.6) is 5.75 Å². The predicted octanol–water partition coefficient (Wildman–Crippen LogP) is 3.10. The summed E-state index contributed by atoms with van der Waals surface area (Å²) in [5.41, 5.74) is 6.85. The maximum atomic E-state index is 12.8. The Hall–Kier alpha value is -1.16. The SMILES string of the molecule is CC1(C)CCc2cc(C(CN)C(F)F)ccc2O1. The van der Waals surface area contributed by atoms with E-state index in [0.29, 0.717) is 5.56 Å². The molecule has 1 aliphatic heterocycles. The van der Waals surface area contributed by atoms with E-state index in [9.17, 15) is 8.78 Å². The lowest BCUT2D eigenvalue weighted by Crippen LogP contribution is -2.32. The van der Waals surface area contributed by atoms with Gasteiger partial charge in [-0.1, -0.05) is 12.1 Å². The van der Waals surface area contributed by atoms with E-state index in [0.717, 1.165) is 24.2 Å². The van der Waals surface area contributed by atoms with Gasteiger partial charge in [-0.25, -0.2) is 8.78 Å². The summed E-state index contributed by atoms with van der Waals surface area (Å²) in [7, 11) is 0. The highest BCUT2D eigenvalue weighted by molar-refractivity contribution is 5.41. The number of alkyl halides is 2. The van der Waals surface area contributed by atoms with Crippen LogP contribution in [0.25, 0.3) is 0 Å². The van der Waals surface area contributed by atoms with Crippen LogP contribution in [0.1, 0.15) is 37.3 Å². The first-order valence-electron chi connectivity index (χ1n) is 6.23. The molecular weight excluding hydrogens is 236 g/mol. The Morgan fingerprint density at radius 3 is 2.72 bits per heavy atom. The zero-order chi connectivity index (χ0) is 13.3. The molecule has 0 bridgehead atoms. The number of hydrogen-bond acceptors (Lipinski definition) is 2. The number of rotatable bonds is 3. The fraction of sp³-hybridized carbons (Fsp3) is 0.571. The summed E-state index contributed by atoms with van der Waals surface area (Å²) >= 11 is 0. The minimum atomic E-state index is -2.42. The van der Waals surface area contributed by atoms with Crippen LogP contribution in [-0.4, -0.2) is 18.6 Å². The van der Waals surface area contributed by atoms with Crippen LogP contribution in [-0.2, 0) is 6.42 Å². The molecule has 2 rings (SSSR count). The van der Waals surface area contributed by atoms with Crippen molar-refractivity contribution in [3.05, 3.63) is 29.3 Å². The topological polar surface area (TPSA) is 35.2 Å². The van der Waals surface area contributed by atoms with Gasteiger partial charge in [0.15, 0.2) is 0 Å². The van der Waals surface area contributed by atoms with Crippen molar-refractivity contribution in [2.24, 2.45) is 5.73 Å². The molecule has 1 unspecified atom stereocenters. The highest BCUT2D eigenvalue weighted by Crippen LogP contribution is 2.35. The second-order valence-corrected chi connectivity index (χ2v) is 5.41. The molecule has 4 heteroatoms. The molecule has 0 saturated heterocycles. The molecule has 0 aliphatic carbocycles. The summed E-state index contributed by atoms with van der Waals surface area (Å²) in [6, 6.07) is 5.30. The van der Waals surface area contributed by atoms with Crippen LogP contribution in [0.3, 0.4) is 0 Å². The predicted molar refractivity (Wildman–Crippen MR) is 67.3 cm³/mol. The van der Waals surface area contributed by atoms with Crippen molar-refractivity contribution in [2.75, 3.05) is 6.54 Å². The molecule has 1 atom stereocenters. The number of hydrogen-bond donors (Lipinski definition) is 1. The van der Waals surface area contributed by atoms with Crippen LogP contribution in [0, 0.1) is 0 Å².